The van der Waals surface area contributed by atoms with E-state index in [2.05, 4.69) is 0 Å². The predicted molar refractivity (Wildman–Crippen MR) is 68.1 cm³/mol. The van der Waals surface area contributed by atoms with Gasteiger partial charge < -0.3 is 14.4 Å². The van der Waals surface area contributed by atoms with Gasteiger partial charge in [0.1, 0.15) is 12.1 Å². The zero-order valence-electron chi connectivity index (χ0n) is 9.73. The van der Waals surface area contributed by atoms with Gasteiger partial charge in [0.05, 0.1) is 0 Å². The maximum Gasteiger partial charge on any atom is 0.345 e. The quantitative estimate of drug-likeness (QED) is 0.842. The fourth-order valence-electron chi connectivity index (χ4n) is 1.64. The number of halogens is 1. The second kappa shape index (κ2) is 5.09. The van der Waals surface area contributed by atoms with Gasteiger partial charge in [-0.05, 0) is 29.3 Å². The Bertz CT molecular complexity index is 690. The maximum absolute atomic E-state index is 12.8. The molecule has 19 heavy (non-hydrogen) atoms. The summed E-state index contributed by atoms with van der Waals surface area (Å²) in [5.41, 5.74) is 0.693. The van der Waals surface area contributed by atoms with E-state index in [0.717, 1.165) is 4.57 Å². The van der Waals surface area contributed by atoms with Crippen LogP contribution in [-0.4, -0.2) is 14.4 Å². The van der Waals surface area contributed by atoms with E-state index < -0.39 is 19.4 Å². The number of hydrogen-bond acceptors (Lipinski definition) is 2. The number of hydrogen-bond donors (Lipinski definition) is 2. The smallest absolute Gasteiger partial charge is 0.323 e. The van der Waals surface area contributed by atoms with E-state index in [-0.39, 0.29) is 5.82 Å². The van der Waals surface area contributed by atoms with E-state index >= 15 is 0 Å². The molecule has 0 spiro atoms. The van der Waals surface area contributed by atoms with Crippen LogP contribution in [-0.2, 0) is 10.9 Å². The van der Waals surface area contributed by atoms with Crippen LogP contribution in [0.25, 0.3) is 11.1 Å². The molecule has 0 radical (unpaired) electrons. The first-order valence-electron chi connectivity index (χ1n) is 5.36. The Kier molecular flexibility index (Phi) is 3.66. The first-order valence-corrected chi connectivity index (χ1v) is 7.16. The first kappa shape index (κ1) is 13.7. The monoisotopic (exact) mass is 283 g/mol. The van der Waals surface area contributed by atoms with E-state index in [9.17, 15) is 13.8 Å². The van der Waals surface area contributed by atoms with Gasteiger partial charge >= 0.3 is 7.60 Å². The molecule has 0 aliphatic carbocycles. The Hall–Kier alpha value is -1.75. The van der Waals surface area contributed by atoms with Crippen molar-refractivity contribution in [3.63, 3.8) is 0 Å². The van der Waals surface area contributed by atoms with Crippen molar-refractivity contribution in [2.24, 2.45) is 0 Å². The van der Waals surface area contributed by atoms with Crippen molar-refractivity contribution < 1.29 is 18.7 Å². The second-order valence-corrected chi connectivity index (χ2v) is 5.65. The average Bonchev–Trinajstić information content (AvgIpc) is 2.31. The molecule has 0 unspecified atom stereocenters. The molecule has 2 N–H and O–H groups in total. The summed E-state index contributed by atoms with van der Waals surface area (Å²) in [7, 11) is -4.29. The van der Waals surface area contributed by atoms with E-state index in [0.29, 0.717) is 11.1 Å². The predicted octanol–water partition coefficient (Wildman–Crippen LogP) is 1.79. The Labute approximate surface area is 108 Å². The number of aromatic nitrogens is 1. The van der Waals surface area contributed by atoms with E-state index in [4.69, 9.17) is 9.79 Å². The zero-order valence-corrected chi connectivity index (χ0v) is 10.6. The van der Waals surface area contributed by atoms with Gasteiger partial charge in [0.25, 0.3) is 5.56 Å². The van der Waals surface area contributed by atoms with E-state index in [1.54, 1.807) is 6.07 Å². The second-order valence-electron chi connectivity index (χ2n) is 4.04. The summed E-state index contributed by atoms with van der Waals surface area (Å²) in [6, 6.07) is 8.40. The van der Waals surface area contributed by atoms with Gasteiger partial charge in [0.2, 0.25) is 0 Å². The molecule has 0 atom stereocenters. The molecule has 2 rings (SSSR count). The van der Waals surface area contributed by atoms with Crippen molar-refractivity contribution in [2.75, 3.05) is 0 Å². The van der Waals surface area contributed by atoms with Crippen LogP contribution < -0.4 is 5.56 Å². The van der Waals surface area contributed by atoms with Gasteiger partial charge in [0.15, 0.2) is 0 Å². The van der Waals surface area contributed by atoms with Gasteiger partial charge in [-0.3, -0.25) is 9.36 Å². The molecule has 0 saturated heterocycles. The minimum atomic E-state index is -4.29. The highest BCUT2D eigenvalue weighted by Gasteiger charge is 2.14. The fraction of sp³-hybridized carbons (Fsp3) is 0.0833. The molecule has 7 heteroatoms. The molecule has 0 aliphatic rings. The summed E-state index contributed by atoms with van der Waals surface area (Å²) in [6.45, 7) is 0. The molecule has 5 nitrogen and oxygen atoms in total. The lowest BCUT2D eigenvalue weighted by Crippen LogP contribution is -2.18. The van der Waals surface area contributed by atoms with Crippen LogP contribution in [0.2, 0.25) is 0 Å². The molecule has 0 aliphatic heterocycles. The third kappa shape index (κ3) is 3.61. The Balaban J connectivity index is 2.36. The molecule has 1 aromatic heterocycles. The molecule has 100 valence electrons. The standard InChI is InChI=1S/C12H11FNO4P/c13-11-3-1-9(2-4-11)10-5-6-14(12(15)7-10)8-19(16,17)18/h1-7H,8H2,(H2,16,17,18). The van der Waals surface area contributed by atoms with Crippen LogP contribution in [0.1, 0.15) is 0 Å². The van der Waals surface area contributed by atoms with Gasteiger partial charge in [-0.1, -0.05) is 12.1 Å². The highest BCUT2D eigenvalue weighted by Crippen LogP contribution is 2.35. The third-order valence-corrected chi connectivity index (χ3v) is 3.18. The maximum atomic E-state index is 12.8. The van der Waals surface area contributed by atoms with Gasteiger partial charge in [-0.2, -0.15) is 0 Å². The topological polar surface area (TPSA) is 79.5 Å². The Morgan fingerprint density at radius 3 is 2.26 bits per heavy atom. The fourth-order valence-corrected chi connectivity index (χ4v) is 2.28. The average molecular weight is 283 g/mol. The molecule has 0 amide bonds. The molecule has 0 saturated carbocycles. The van der Waals surface area contributed by atoms with Crippen molar-refractivity contribution in [3.05, 3.63) is 58.8 Å². The van der Waals surface area contributed by atoms with Crippen molar-refractivity contribution in [2.45, 2.75) is 6.29 Å². The number of nitrogens with zero attached hydrogens (tertiary/aromatic N) is 1. The number of rotatable bonds is 3. The van der Waals surface area contributed by atoms with Crippen LogP contribution in [0.15, 0.2) is 47.4 Å². The normalized spacial score (nSPS) is 11.5. The van der Waals surface area contributed by atoms with E-state index in [1.165, 1.54) is 36.5 Å². The molecule has 1 heterocycles. The van der Waals surface area contributed by atoms with E-state index in [1.807, 2.05) is 0 Å². The van der Waals surface area contributed by atoms with Crippen molar-refractivity contribution in [3.8, 4) is 11.1 Å². The van der Waals surface area contributed by atoms with Crippen LogP contribution >= 0.6 is 7.60 Å². The molecule has 0 bridgehead atoms. The molecular formula is C12H11FNO4P. The molecular weight excluding hydrogens is 272 g/mol. The summed E-state index contributed by atoms with van der Waals surface area (Å²) in [5, 5.41) is 0. The summed E-state index contributed by atoms with van der Waals surface area (Å²) in [4.78, 5) is 29.3. The van der Waals surface area contributed by atoms with Gasteiger partial charge in [0, 0.05) is 12.3 Å². The van der Waals surface area contributed by atoms with Gasteiger partial charge in [-0.25, -0.2) is 4.39 Å². The molecule has 0 fully saturated rings. The third-order valence-electron chi connectivity index (χ3n) is 2.51. The summed E-state index contributed by atoms with van der Waals surface area (Å²) in [6.07, 6.45) is 0.648. The minimum Gasteiger partial charge on any atom is -0.323 e. The van der Waals surface area contributed by atoms with Crippen molar-refractivity contribution in [1.82, 2.24) is 4.57 Å². The molecule has 1 aromatic carbocycles. The van der Waals surface area contributed by atoms with Crippen molar-refractivity contribution in [1.29, 1.82) is 0 Å². The van der Waals surface area contributed by atoms with Crippen LogP contribution in [0.3, 0.4) is 0 Å². The lowest BCUT2D eigenvalue weighted by Gasteiger charge is -2.08. The van der Waals surface area contributed by atoms with Crippen LogP contribution in [0.4, 0.5) is 4.39 Å². The first-order chi connectivity index (χ1) is 8.85. The summed E-state index contributed by atoms with van der Waals surface area (Å²) in [5.74, 6) is -0.376. The zero-order chi connectivity index (χ0) is 14.0. The Morgan fingerprint density at radius 2 is 1.74 bits per heavy atom. The number of pyridine rings is 1. The number of benzene rings is 1. The van der Waals surface area contributed by atoms with Crippen LogP contribution in [0.5, 0.6) is 0 Å². The lowest BCUT2D eigenvalue weighted by atomic mass is 10.1. The van der Waals surface area contributed by atoms with Gasteiger partial charge in [-0.15, -0.1) is 0 Å². The Morgan fingerprint density at radius 1 is 1.11 bits per heavy atom. The molecule has 2 aromatic rings. The highest BCUT2D eigenvalue weighted by atomic mass is 31.2. The summed E-state index contributed by atoms with van der Waals surface area (Å²) < 4.78 is 24.6. The highest BCUT2D eigenvalue weighted by molar-refractivity contribution is 7.50. The van der Waals surface area contributed by atoms with Crippen molar-refractivity contribution >= 4 is 7.60 Å². The SMILES string of the molecule is O=c1cc(-c2ccc(F)cc2)ccn1CP(=O)(O)O. The largest absolute Gasteiger partial charge is 0.345 e. The summed E-state index contributed by atoms with van der Waals surface area (Å²) >= 11 is 0. The van der Waals surface area contributed by atoms with Crippen LogP contribution in [0, 0.1) is 5.82 Å². The lowest BCUT2D eigenvalue weighted by molar-refractivity contribution is 0.361. The minimum absolute atomic E-state index is 0.376.